The van der Waals surface area contributed by atoms with E-state index in [1.807, 2.05) is 0 Å². The fourth-order valence-electron chi connectivity index (χ4n) is 3.39. The molecule has 0 saturated heterocycles. The van der Waals surface area contributed by atoms with Crippen LogP contribution in [0.3, 0.4) is 0 Å². The van der Waals surface area contributed by atoms with Gasteiger partial charge in [0.1, 0.15) is 0 Å². The summed E-state index contributed by atoms with van der Waals surface area (Å²) in [5, 5.41) is 11.0. The van der Waals surface area contributed by atoms with Gasteiger partial charge in [0.05, 0.1) is 6.10 Å². The van der Waals surface area contributed by atoms with Crippen LogP contribution in [0.5, 0.6) is 0 Å². The molecule has 1 rings (SSSR count). The lowest BCUT2D eigenvalue weighted by atomic mass is 9.97. The molecule has 1 fully saturated rings. The van der Waals surface area contributed by atoms with Crippen LogP contribution in [0.1, 0.15) is 67.2 Å². The van der Waals surface area contributed by atoms with E-state index in [4.69, 9.17) is 0 Å². The lowest BCUT2D eigenvalue weighted by Gasteiger charge is -2.49. The van der Waals surface area contributed by atoms with Crippen molar-refractivity contribution in [2.24, 2.45) is 0 Å². The Labute approximate surface area is 103 Å². The predicted octanol–water partition coefficient (Wildman–Crippen LogP) is 4.37. The van der Waals surface area contributed by atoms with Crippen LogP contribution in [0.25, 0.3) is 0 Å². The molecule has 2 heteroatoms. The molecule has 96 valence electrons. The van der Waals surface area contributed by atoms with Gasteiger partial charge in [0.2, 0.25) is 0 Å². The molecule has 1 aliphatic rings. The van der Waals surface area contributed by atoms with Crippen LogP contribution in [-0.4, -0.2) is 27.2 Å². The van der Waals surface area contributed by atoms with Gasteiger partial charge in [0, 0.05) is 5.66 Å². The van der Waals surface area contributed by atoms with E-state index in [0.717, 1.165) is 6.42 Å². The van der Waals surface area contributed by atoms with Gasteiger partial charge in [-0.25, -0.2) is 0 Å². The van der Waals surface area contributed by atoms with E-state index in [-0.39, 0.29) is 14.0 Å². The Kier molecular flexibility index (Phi) is 4.46. The molecule has 2 atom stereocenters. The third-order valence-corrected chi connectivity index (χ3v) is 7.63. The molecule has 0 aromatic carbocycles. The molecule has 0 aromatic rings. The quantitative estimate of drug-likeness (QED) is 0.679. The molecule has 16 heavy (non-hydrogen) atoms. The van der Waals surface area contributed by atoms with Gasteiger partial charge in [-0.15, -0.1) is 0 Å². The SMILES string of the molecule is CC(C)(C)P(C1CCCCC1O)C(C)(C)C. The number of rotatable bonds is 1. The van der Waals surface area contributed by atoms with E-state index in [0.29, 0.717) is 16.0 Å². The van der Waals surface area contributed by atoms with Crippen molar-refractivity contribution in [2.75, 3.05) is 0 Å². The van der Waals surface area contributed by atoms with Crippen LogP contribution in [0, 0.1) is 0 Å². The third-order valence-electron chi connectivity index (χ3n) is 3.47. The van der Waals surface area contributed by atoms with Gasteiger partial charge >= 0.3 is 0 Å². The monoisotopic (exact) mass is 244 g/mol. The first-order valence-electron chi connectivity index (χ1n) is 6.61. The highest BCUT2D eigenvalue weighted by Gasteiger charge is 2.43. The summed E-state index contributed by atoms with van der Waals surface area (Å²) in [6, 6.07) is 0. The Morgan fingerprint density at radius 3 is 1.69 bits per heavy atom. The highest BCUT2D eigenvalue weighted by atomic mass is 31.1. The average Bonchev–Trinajstić information content (AvgIpc) is 2.03. The summed E-state index contributed by atoms with van der Waals surface area (Å²) >= 11 is 0. The second kappa shape index (κ2) is 4.94. The van der Waals surface area contributed by atoms with Crippen LogP contribution in [-0.2, 0) is 0 Å². The van der Waals surface area contributed by atoms with Gasteiger partial charge in [-0.2, -0.15) is 0 Å². The zero-order chi connectivity index (χ0) is 12.6. The Morgan fingerprint density at radius 1 is 0.875 bits per heavy atom. The third kappa shape index (κ3) is 3.44. The Balaban J connectivity index is 2.92. The van der Waals surface area contributed by atoms with Crippen molar-refractivity contribution < 1.29 is 5.11 Å². The van der Waals surface area contributed by atoms with Gasteiger partial charge in [-0.05, 0) is 23.2 Å². The van der Waals surface area contributed by atoms with E-state index in [2.05, 4.69) is 41.5 Å². The van der Waals surface area contributed by atoms with Crippen molar-refractivity contribution in [3.05, 3.63) is 0 Å². The minimum Gasteiger partial charge on any atom is -0.392 e. The van der Waals surface area contributed by atoms with Crippen LogP contribution in [0.15, 0.2) is 0 Å². The highest BCUT2D eigenvalue weighted by Crippen LogP contribution is 2.65. The maximum absolute atomic E-state index is 10.3. The van der Waals surface area contributed by atoms with Crippen LogP contribution >= 0.6 is 7.92 Å². The topological polar surface area (TPSA) is 20.2 Å². The van der Waals surface area contributed by atoms with E-state index >= 15 is 0 Å². The van der Waals surface area contributed by atoms with E-state index < -0.39 is 0 Å². The summed E-state index contributed by atoms with van der Waals surface area (Å²) in [6.45, 7) is 14.1. The minimum absolute atomic E-state index is 0.0432. The van der Waals surface area contributed by atoms with Crippen molar-refractivity contribution in [1.82, 2.24) is 0 Å². The molecule has 0 spiro atoms. The normalized spacial score (nSPS) is 28.5. The number of hydrogen-bond acceptors (Lipinski definition) is 1. The Hall–Kier alpha value is 0.390. The minimum atomic E-state index is -0.150. The lowest BCUT2D eigenvalue weighted by molar-refractivity contribution is 0.133. The summed E-state index contributed by atoms with van der Waals surface area (Å²) in [6.07, 6.45) is 4.75. The van der Waals surface area contributed by atoms with Crippen molar-refractivity contribution in [1.29, 1.82) is 0 Å². The predicted molar refractivity (Wildman–Crippen MR) is 74.7 cm³/mol. The maximum Gasteiger partial charge on any atom is 0.0607 e. The zero-order valence-electron chi connectivity index (χ0n) is 11.9. The first-order chi connectivity index (χ1) is 7.14. The van der Waals surface area contributed by atoms with Gasteiger partial charge in [0.15, 0.2) is 0 Å². The van der Waals surface area contributed by atoms with Crippen molar-refractivity contribution in [3.63, 3.8) is 0 Å². The van der Waals surface area contributed by atoms with Gasteiger partial charge < -0.3 is 5.11 Å². The van der Waals surface area contributed by atoms with Crippen LogP contribution in [0.4, 0.5) is 0 Å². The van der Waals surface area contributed by atoms with E-state index in [1.54, 1.807) is 0 Å². The molecule has 0 aromatic heterocycles. The molecule has 0 radical (unpaired) electrons. The second-order valence-electron chi connectivity index (χ2n) is 7.13. The summed E-state index contributed by atoms with van der Waals surface area (Å²) < 4.78 is 0. The van der Waals surface area contributed by atoms with Gasteiger partial charge in [-0.3, -0.25) is 0 Å². The summed E-state index contributed by atoms with van der Waals surface area (Å²) in [5.41, 5.74) is 0.559. The van der Waals surface area contributed by atoms with E-state index in [9.17, 15) is 5.11 Å². The molecule has 0 aliphatic heterocycles. The molecule has 2 unspecified atom stereocenters. The smallest absolute Gasteiger partial charge is 0.0607 e. The maximum atomic E-state index is 10.3. The Morgan fingerprint density at radius 2 is 1.31 bits per heavy atom. The van der Waals surface area contributed by atoms with Crippen LogP contribution < -0.4 is 0 Å². The highest BCUT2D eigenvalue weighted by molar-refractivity contribution is 7.61. The second-order valence-corrected chi connectivity index (χ2v) is 11.2. The Bertz CT molecular complexity index is 210. The molecule has 1 nitrogen and oxygen atoms in total. The molecule has 0 amide bonds. The fraction of sp³-hybridized carbons (Fsp3) is 1.00. The standard InChI is InChI=1S/C14H29OP/c1-13(2,3)16(14(4,5)6)12-10-8-7-9-11(12)15/h11-12,15H,7-10H2,1-6H3. The lowest BCUT2D eigenvalue weighted by Crippen LogP contribution is -2.39. The summed E-state index contributed by atoms with van der Waals surface area (Å²) in [7, 11) is -0.150. The molecule has 1 N–H and O–H groups in total. The number of aliphatic hydroxyl groups is 1. The molecule has 1 aliphatic carbocycles. The number of aliphatic hydroxyl groups excluding tert-OH is 1. The van der Waals surface area contributed by atoms with Gasteiger partial charge in [-0.1, -0.05) is 62.3 Å². The summed E-state index contributed by atoms with van der Waals surface area (Å²) in [5.74, 6) is 0. The number of hydrogen-bond donors (Lipinski definition) is 1. The molecular weight excluding hydrogens is 215 g/mol. The average molecular weight is 244 g/mol. The van der Waals surface area contributed by atoms with Crippen molar-refractivity contribution in [2.45, 2.75) is 89.3 Å². The summed E-state index contributed by atoms with van der Waals surface area (Å²) in [4.78, 5) is 0. The first-order valence-corrected chi connectivity index (χ1v) is 8.02. The van der Waals surface area contributed by atoms with Crippen molar-refractivity contribution >= 4 is 7.92 Å². The first kappa shape index (κ1) is 14.5. The fourth-order valence-corrected chi connectivity index (χ4v) is 8.33. The van der Waals surface area contributed by atoms with Gasteiger partial charge in [0.25, 0.3) is 0 Å². The molecule has 0 heterocycles. The van der Waals surface area contributed by atoms with Crippen molar-refractivity contribution in [3.8, 4) is 0 Å². The molecule has 0 bridgehead atoms. The largest absolute Gasteiger partial charge is 0.392 e. The molecule has 1 saturated carbocycles. The van der Waals surface area contributed by atoms with Crippen LogP contribution in [0.2, 0.25) is 0 Å². The zero-order valence-corrected chi connectivity index (χ0v) is 12.8. The molecular formula is C14H29OP. The van der Waals surface area contributed by atoms with E-state index in [1.165, 1.54) is 19.3 Å².